The Labute approximate surface area is 183 Å². The normalized spacial score (nSPS) is 19.2. The number of aliphatic hydroxyl groups is 1. The molecule has 5 N–H and O–H groups in total. The number of hydrogen-bond donors (Lipinski definition) is 3. The van der Waals surface area contributed by atoms with Crippen LogP contribution in [0.5, 0.6) is 0 Å². The lowest BCUT2D eigenvalue weighted by Crippen LogP contribution is -2.36. The van der Waals surface area contributed by atoms with E-state index < -0.39 is 0 Å². The third-order valence-corrected chi connectivity index (χ3v) is 5.24. The molecular formula is C19H26BrN9O. The van der Waals surface area contributed by atoms with Crippen molar-refractivity contribution < 1.29 is 5.11 Å². The van der Waals surface area contributed by atoms with Crippen molar-refractivity contribution in [3.63, 3.8) is 0 Å². The van der Waals surface area contributed by atoms with Crippen LogP contribution in [0.1, 0.15) is 13.8 Å². The number of hydrogen-bond acceptors (Lipinski definition) is 9. The Morgan fingerprint density at radius 3 is 2.87 bits per heavy atom. The summed E-state index contributed by atoms with van der Waals surface area (Å²) in [7, 11) is 0. The zero-order valence-electron chi connectivity index (χ0n) is 16.9. The maximum atomic E-state index is 9.03. The first kappa shape index (κ1) is 21.9. The largest absolute Gasteiger partial charge is 0.394 e. The first-order valence-electron chi connectivity index (χ1n) is 9.69. The third kappa shape index (κ3) is 4.69. The second-order valence-corrected chi connectivity index (χ2v) is 7.50. The topological polar surface area (TPSA) is 135 Å². The van der Waals surface area contributed by atoms with Crippen molar-refractivity contribution in [1.29, 1.82) is 0 Å². The second-order valence-electron chi connectivity index (χ2n) is 6.44. The van der Waals surface area contributed by atoms with Crippen LogP contribution in [-0.2, 0) is 6.54 Å². The van der Waals surface area contributed by atoms with Gasteiger partial charge in [0.25, 0.3) is 0 Å². The lowest BCUT2D eigenvalue weighted by Gasteiger charge is -2.26. The summed E-state index contributed by atoms with van der Waals surface area (Å²) in [5.41, 5.74) is 8.42. The van der Waals surface area contributed by atoms with E-state index in [1.165, 1.54) is 5.01 Å². The lowest BCUT2D eigenvalue weighted by atomic mass is 10.1. The number of nitrogen functional groups attached to an aromatic ring is 1. The van der Waals surface area contributed by atoms with E-state index >= 15 is 0 Å². The lowest BCUT2D eigenvalue weighted by molar-refractivity contribution is 0.269. The van der Waals surface area contributed by atoms with Gasteiger partial charge in [-0.1, -0.05) is 35.9 Å². The van der Waals surface area contributed by atoms with Crippen LogP contribution in [0.25, 0.3) is 11.3 Å². The van der Waals surface area contributed by atoms with Gasteiger partial charge in [-0.15, -0.1) is 0 Å². The van der Waals surface area contributed by atoms with Gasteiger partial charge in [-0.25, -0.2) is 15.8 Å². The molecule has 0 fully saturated rings. The zero-order valence-corrected chi connectivity index (χ0v) is 18.5. The van der Waals surface area contributed by atoms with E-state index in [4.69, 9.17) is 16.7 Å². The molecule has 4 heterocycles. The summed E-state index contributed by atoms with van der Waals surface area (Å²) < 4.78 is 1.64. The van der Waals surface area contributed by atoms with Gasteiger partial charge in [0.05, 0.1) is 48.7 Å². The fraction of sp³-hybridized carbons (Fsp3) is 0.368. The Hall–Kier alpha value is -2.76. The predicted octanol–water partition coefficient (Wildman–Crippen LogP) is 1.51. The van der Waals surface area contributed by atoms with Crippen LogP contribution in [0.3, 0.4) is 0 Å². The van der Waals surface area contributed by atoms with E-state index in [0.717, 1.165) is 11.1 Å². The Morgan fingerprint density at radius 1 is 1.30 bits per heavy atom. The number of fused-ring (bicyclic) bond motifs is 1. The minimum absolute atomic E-state index is 0.0116. The van der Waals surface area contributed by atoms with E-state index in [9.17, 15) is 0 Å². The average Bonchev–Trinajstić information content (AvgIpc) is 3.37. The van der Waals surface area contributed by atoms with Gasteiger partial charge < -0.3 is 10.8 Å². The molecule has 2 aromatic heterocycles. The molecule has 30 heavy (non-hydrogen) atoms. The number of rotatable bonds is 6. The summed E-state index contributed by atoms with van der Waals surface area (Å²) in [6.45, 7) is 4.85. The highest BCUT2D eigenvalue weighted by Crippen LogP contribution is 2.27. The van der Waals surface area contributed by atoms with Crippen LogP contribution in [0.15, 0.2) is 47.6 Å². The first-order valence-corrected chi connectivity index (χ1v) is 10.6. The molecule has 160 valence electrons. The van der Waals surface area contributed by atoms with Crippen molar-refractivity contribution in [2.75, 3.05) is 23.9 Å². The van der Waals surface area contributed by atoms with Gasteiger partial charge in [-0.05, 0) is 11.6 Å². The van der Waals surface area contributed by atoms with Crippen LogP contribution in [0.4, 0.5) is 11.6 Å². The molecule has 0 radical (unpaired) electrons. The van der Waals surface area contributed by atoms with E-state index in [2.05, 4.69) is 42.2 Å². The zero-order chi connectivity index (χ0) is 21.7. The van der Waals surface area contributed by atoms with Crippen LogP contribution >= 0.6 is 15.9 Å². The predicted molar refractivity (Wildman–Crippen MR) is 122 cm³/mol. The maximum absolute atomic E-state index is 9.03. The van der Waals surface area contributed by atoms with Gasteiger partial charge in [-0.2, -0.15) is 10.2 Å². The van der Waals surface area contributed by atoms with E-state index in [0.29, 0.717) is 24.6 Å². The molecule has 10 nitrogen and oxygen atoms in total. The van der Waals surface area contributed by atoms with Crippen molar-refractivity contribution >= 4 is 33.8 Å². The molecular weight excluding hydrogens is 450 g/mol. The summed E-state index contributed by atoms with van der Waals surface area (Å²) >= 11 is 3.60. The maximum Gasteiger partial charge on any atom is 0.186 e. The molecule has 11 heteroatoms. The van der Waals surface area contributed by atoms with Crippen LogP contribution in [0, 0.1) is 0 Å². The standard InChI is InChI=1S/C17H20BrN9O.C2H6/c18-13-7-23-27-2-1-11(5-15(13)27)9-26(20)17-16(19)21-8-14(24-17)12-6-22-25(10-12)3-4-28;1-2/h1-2,5-8,10,13,15,28H,3-4,9,20H2,(H2,19,21);1-2H3. The molecule has 0 saturated heterocycles. The smallest absolute Gasteiger partial charge is 0.186 e. The monoisotopic (exact) mass is 475 g/mol. The van der Waals surface area contributed by atoms with E-state index in [-0.39, 0.29) is 23.3 Å². The van der Waals surface area contributed by atoms with Gasteiger partial charge in [0, 0.05) is 24.2 Å². The molecule has 0 amide bonds. The van der Waals surface area contributed by atoms with Gasteiger partial charge in [0.2, 0.25) is 0 Å². The van der Waals surface area contributed by atoms with Crippen molar-refractivity contribution in [2.45, 2.75) is 31.3 Å². The summed E-state index contributed by atoms with van der Waals surface area (Å²) in [6, 6.07) is 0.125. The van der Waals surface area contributed by atoms with E-state index in [1.807, 2.05) is 37.3 Å². The fourth-order valence-electron chi connectivity index (χ4n) is 3.04. The number of halogens is 1. The number of aliphatic hydroxyl groups excluding tert-OH is 1. The van der Waals surface area contributed by atoms with Crippen LogP contribution in [-0.4, -0.2) is 60.1 Å². The molecule has 2 unspecified atom stereocenters. The molecule has 0 spiro atoms. The molecule has 0 bridgehead atoms. The molecule has 2 aromatic rings. The molecule has 0 aromatic carbocycles. The van der Waals surface area contributed by atoms with Crippen LogP contribution in [0.2, 0.25) is 0 Å². The van der Waals surface area contributed by atoms with Crippen molar-refractivity contribution in [3.8, 4) is 11.3 Å². The second kappa shape index (κ2) is 9.83. The Bertz CT molecular complexity index is 955. The van der Waals surface area contributed by atoms with Crippen molar-refractivity contribution in [1.82, 2.24) is 24.8 Å². The minimum Gasteiger partial charge on any atom is -0.394 e. The number of aromatic nitrogens is 4. The number of hydrazine groups is 1. The SMILES string of the molecule is CC.Nc1ncc(-c2cnn(CCO)c2)nc1N(N)CC1=CC2C(Br)C=NN2C=C1. The number of nitrogens with two attached hydrogens (primary N) is 2. The number of hydrazone groups is 1. The third-order valence-electron chi connectivity index (χ3n) is 4.46. The number of alkyl halides is 1. The van der Waals surface area contributed by atoms with Gasteiger partial charge in [0.15, 0.2) is 11.6 Å². The Kier molecular flexibility index (Phi) is 7.19. The van der Waals surface area contributed by atoms with Gasteiger partial charge in [0.1, 0.15) is 0 Å². The molecule has 0 saturated carbocycles. The average molecular weight is 476 g/mol. The quantitative estimate of drug-likeness (QED) is 0.325. The minimum atomic E-state index is 0.0116. The first-order chi connectivity index (χ1) is 14.5. The van der Waals surface area contributed by atoms with Gasteiger partial charge >= 0.3 is 0 Å². The van der Waals surface area contributed by atoms with Gasteiger partial charge in [-0.3, -0.25) is 14.7 Å². The highest BCUT2D eigenvalue weighted by Gasteiger charge is 2.28. The number of anilines is 2. The summed E-state index contributed by atoms with van der Waals surface area (Å²) in [5, 5.41) is 20.9. The fourth-order valence-corrected chi connectivity index (χ4v) is 3.54. The number of nitrogens with zero attached hydrogens (tertiary/aromatic N) is 7. The van der Waals surface area contributed by atoms with Crippen molar-refractivity contribution in [3.05, 3.63) is 42.5 Å². The highest BCUT2D eigenvalue weighted by molar-refractivity contribution is 9.10. The Balaban J connectivity index is 0.00000124. The molecule has 2 aliphatic heterocycles. The highest BCUT2D eigenvalue weighted by atomic mass is 79.9. The molecule has 2 atom stereocenters. The summed E-state index contributed by atoms with van der Waals surface area (Å²) in [6.07, 6.45) is 12.9. The van der Waals surface area contributed by atoms with Crippen molar-refractivity contribution in [2.24, 2.45) is 10.9 Å². The molecule has 4 rings (SSSR count). The summed E-state index contributed by atoms with van der Waals surface area (Å²) in [5.74, 6) is 6.90. The van der Waals surface area contributed by atoms with E-state index in [1.54, 1.807) is 23.3 Å². The Morgan fingerprint density at radius 2 is 2.10 bits per heavy atom. The summed E-state index contributed by atoms with van der Waals surface area (Å²) in [4.78, 5) is 8.94. The molecule has 0 aliphatic carbocycles. The van der Waals surface area contributed by atoms with Crippen LogP contribution < -0.4 is 16.6 Å². The molecule has 2 aliphatic rings.